The molecule has 1 aromatic heterocycles. The molecule has 1 aliphatic heterocycles. The largest absolute Gasteiger partial charge is 0.354 e. The number of piperazine rings is 1. The molecule has 2 N–H and O–H groups in total. The Balaban J connectivity index is 1.89. The van der Waals surface area contributed by atoms with Gasteiger partial charge in [-0.15, -0.1) is 0 Å². The van der Waals surface area contributed by atoms with E-state index in [9.17, 15) is 4.39 Å². The Bertz CT molecular complexity index is 374. The van der Waals surface area contributed by atoms with Crippen molar-refractivity contribution >= 4 is 5.82 Å². The summed E-state index contributed by atoms with van der Waals surface area (Å²) in [4.78, 5) is 8.86. The maximum Gasteiger partial charge on any atom is 0.141 e. The number of hydrogen-bond acceptors (Lipinski definition) is 4. The van der Waals surface area contributed by atoms with Gasteiger partial charge in [0.2, 0.25) is 0 Å². The number of nitrogens with two attached hydrogens (primary N) is 1. The van der Waals surface area contributed by atoms with Crippen molar-refractivity contribution in [2.24, 2.45) is 5.73 Å². The summed E-state index contributed by atoms with van der Waals surface area (Å²) in [6.45, 7) is 6.90. The fraction of sp³-hybridized carbons (Fsp3) is 0.643. The van der Waals surface area contributed by atoms with Crippen molar-refractivity contribution in [2.75, 3.05) is 37.6 Å². The SMILES string of the molecule is CCC(CCN)N1CCN(c2ccc(F)cn2)CC1. The van der Waals surface area contributed by atoms with Crippen LogP contribution in [-0.2, 0) is 0 Å². The van der Waals surface area contributed by atoms with Crippen molar-refractivity contribution in [1.82, 2.24) is 9.88 Å². The molecular weight excluding hydrogens is 243 g/mol. The van der Waals surface area contributed by atoms with E-state index in [0.29, 0.717) is 6.04 Å². The summed E-state index contributed by atoms with van der Waals surface area (Å²) in [5, 5.41) is 0. The molecule has 1 saturated heterocycles. The third kappa shape index (κ3) is 3.64. The number of aromatic nitrogens is 1. The molecule has 2 heterocycles. The first-order chi connectivity index (χ1) is 9.24. The molecule has 1 aliphatic rings. The normalized spacial score (nSPS) is 18.6. The van der Waals surface area contributed by atoms with Crippen LogP contribution in [0.25, 0.3) is 0 Å². The second-order valence-corrected chi connectivity index (χ2v) is 5.00. The Kier molecular flexibility index (Phi) is 5.10. The molecule has 0 amide bonds. The van der Waals surface area contributed by atoms with Crippen molar-refractivity contribution in [3.05, 3.63) is 24.1 Å². The van der Waals surface area contributed by atoms with E-state index in [1.165, 1.54) is 12.3 Å². The molecule has 2 rings (SSSR count). The maximum absolute atomic E-state index is 12.9. The van der Waals surface area contributed by atoms with E-state index >= 15 is 0 Å². The smallest absolute Gasteiger partial charge is 0.141 e. The Hall–Kier alpha value is -1.20. The average Bonchev–Trinajstić information content (AvgIpc) is 2.46. The predicted molar refractivity (Wildman–Crippen MR) is 75.7 cm³/mol. The van der Waals surface area contributed by atoms with Crippen LogP contribution in [0.2, 0.25) is 0 Å². The first-order valence-corrected chi connectivity index (χ1v) is 7.05. The van der Waals surface area contributed by atoms with E-state index in [4.69, 9.17) is 5.73 Å². The quantitative estimate of drug-likeness (QED) is 0.876. The molecule has 0 spiro atoms. The summed E-state index contributed by atoms with van der Waals surface area (Å²) < 4.78 is 12.9. The van der Waals surface area contributed by atoms with Gasteiger partial charge in [0.25, 0.3) is 0 Å². The van der Waals surface area contributed by atoms with Crippen molar-refractivity contribution < 1.29 is 4.39 Å². The van der Waals surface area contributed by atoms with Gasteiger partial charge in [0, 0.05) is 32.2 Å². The lowest BCUT2D eigenvalue weighted by Crippen LogP contribution is -2.50. The molecule has 0 saturated carbocycles. The third-order valence-corrected chi connectivity index (χ3v) is 3.84. The van der Waals surface area contributed by atoms with Gasteiger partial charge in [0.05, 0.1) is 6.20 Å². The fourth-order valence-corrected chi connectivity index (χ4v) is 2.71. The molecule has 0 radical (unpaired) electrons. The minimum atomic E-state index is -0.281. The van der Waals surface area contributed by atoms with Crippen LogP contribution < -0.4 is 10.6 Å². The zero-order chi connectivity index (χ0) is 13.7. The molecule has 0 aliphatic carbocycles. The molecule has 4 nitrogen and oxygen atoms in total. The van der Waals surface area contributed by atoms with Crippen LogP contribution in [0.1, 0.15) is 19.8 Å². The molecule has 1 unspecified atom stereocenters. The van der Waals surface area contributed by atoms with Crippen molar-refractivity contribution in [1.29, 1.82) is 0 Å². The highest BCUT2D eigenvalue weighted by atomic mass is 19.1. The monoisotopic (exact) mass is 266 g/mol. The first-order valence-electron chi connectivity index (χ1n) is 7.05. The van der Waals surface area contributed by atoms with Gasteiger partial charge in [-0.2, -0.15) is 0 Å². The van der Waals surface area contributed by atoms with Crippen molar-refractivity contribution in [3.8, 4) is 0 Å². The zero-order valence-corrected chi connectivity index (χ0v) is 11.6. The summed E-state index contributed by atoms with van der Waals surface area (Å²) in [6, 6.07) is 3.81. The summed E-state index contributed by atoms with van der Waals surface area (Å²) in [7, 11) is 0. The van der Waals surface area contributed by atoms with Gasteiger partial charge in [-0.3, -0.25) is 4.90 Å². The zero-order valence-electron chi connectivity index (χ0n) is 11.6. The maximum atomic E-state index is 12.9. The Morgan fingerprint density at radius 1 is 1.32 bits per heavy atom. The molecule has 5 heteroatoms. The highest BCUT2D eigenvalue weighted by molar-refractivity contribution is 5.38. The minimum absolute atomic E-state index is 0.281. The minimum Gasteiger partial charge on any atom is -0.354 e. The second kappa shape index (κ2) is 6.82. The van der Waals surface area contributed by atoms with Gasteiger partial charge in [0.15, 0.2) is 0 Å². The first kappa shape index (κ1) is 14.2. The van der Waals surface area contributed by atoms with Crippen LogP contribution in [0.4, 0.5) is 10.2 Å². The molecule has 19 heavy (non-hydrogen) atoms. The van der Waals surface area contributed by atoms with Crippen molar-refractivity contribution in [3.63, 3.8) is 0 Å². The molecule has 0 aromatic carbocycles. The molecule has 0 bridgehead atoms. The Labute approximate surface area is 114 Å². The number of halogens is 1. The summed E-state index contributed by atoms with van der Waals surface area (Å²) in [5.74, 6) is 0.587. The number of hydrogen-bond donors (Lipinski definition) is 1. The van der Waals surface area contributed by atoms with Gasteiger partial charge >= 0.3 is 0 Å². The highest BCUT2D eigenvalue weighted by Crippen LogP contribution is 2.16. The van der Waals surface area contributed by atoms with E-state index in [-0.39, 0.29) is 5.82 Å². The average molecular weight is 266 g/mol. The lowest BCUT2D eigenvalue weighted by molar-refractivity contribution is 0.173. The van der Waals surface area contributed by atoms with Gasteiger partial charge in [-0.1, -0.05) is 6.92 Å². The number of pyridine rings is 1. The second-order valence-electron chi connectivity index (χ2n) is 5.00. The van der Waals surface area contributed by atoms with E-state index in [1.807, 2.05) is 0 Å². The summed E-state index contributed by atoms with van der Waals surface area (Å²) >= 11 is 0. The molecule has 1 atom stereocenters. The lowest BCUT2D eigenvalue weighted by atomic mass is 10.1. The van der Waals surface area contributed by atoms with Gasteiger partial charge < -0.3 is 10.6 Å². The van der Waals surface area contributed by atoms with Gasteiger partial charge in [0.1, 0.15) is 11.6 Å². The van der Waals surface area contributed by atoms with Crippen LogP contribution >= 0.6 is 0 Å². The van der Waals surface area contributed by atoms with Crippen LogP contribution in [0.3, 0.4) is 0 Å². The summed E-state index contributed by atoms with van der Waals surface area (Å²) in [6.07, 6.45) is 3.49. The van der Waals surface area contributed by atoms with Crippen molar-refractivity contribution in [2.45, 2.75) is 25.8 Å². The van der Waals surface area contributed by atoms with Crippen LogP contribution in [0.15, 0.2) is 18.3 Å². The molecule has 1 fully saturated rings. The molecule has 106 valence electrons. The van der Waals surface area contributed by atoms with Gasteiger partial charge in [-0.05, 0) is 31.5 Å². The Morgan fingerprint density at radius 3 is 2.58 bits per heavy atom. The number of nitrogens with zero attached hydrogens (tertiary/aromatic N) is 3. The fourth-order valence-electron chi connectivity index (χ4n) is 2.71. The van der Waals surface area contributed by atoms with E-state index in [0.717, 1.165) is 51.4 Å². The number of anilines is 1. The van der Waals surface area contributed by atoms with Crippen LogP contribution in [-0.4, -0.2) is 48.6 Å². The topological polar surface area (TPSA) is 45.4 Å². The molecular formula is C14H23FN4. The highest BCUT2D eigenvalue weighted by Gasteiger charge is 2.22. The van der Waals surface area contributed by atoms with E-state index < -0.39 is 0 Å². The number of rotatable bonds is 5. The summed E-state index contributed by atoms with van der Waals surface area (Å²) in [5.41, 5.74) is 5.66. The lowest BCUT2D eigenvalue weighted by Gasteiger charge is -2.39. The van der Waals surface area contributed by atoms with Crippen LogP contribution in [0, 0.1) is 5.82 Å². The van der Waals surface area contributed by atoms with Crippen LogP contribution in [0.5, 0.6) is 0 Å². The standard InChI is InChI=1S/C14H23FN4/c1-2-13(5-6-16)18-7-9-19(10-8-18)14-4-3-12(15)11-17-14/h3-4,11,13H,2,5-10,16H2,1H3. The van der Waals surface area contributed by atoms with Gasteiger partial charge in [-0.25, -0.2) is 9.37 Å². The van der Waals surface area contributed by atoms with E-state index in [1.54, 1.807) is 6.07 Å². The molecule has 1 aromatic rings. The van der Waals surface area contributed by atoms with E-state index in [2.05, 4.69) is 21.7 Å². The Morgan fingerprint density at radius 2 is 2.05 bits per heavy atom. The third-order valence-electron chi connectivity index (χ3n) is 3.84. The predicted octanol–water partition coefficient (Wildman–Crippen LogP) is 1.47.